The largest absolute Gasteiger partial charge is 0.389 e. The summed E-state index contributed by atoms with van der Waals surface area (Å²) in [4.78, 5) is 36.0. The number of nitrogens with one attached hydrogen (secondary N) is 4. The van der Waals surface area contributed by atoms with Gasteiger partial charge in [-0.05, 0) is 63.9 Å². The molecule has 9 nitrogen and oxygen atoms in total. The molecule has 0 aliphatic carbocycles. The topological polar surface area (TPSA) is 111 Å². The van der Waals surface area contributed by atoms with Crippen LogP contribution in [0.2, 0.25) is 0 Å². The molecule has 0 unspecified atom stereocenters. The van der Waals surface area contributed by atoms with Gasteiger partial charge in [0.15, 0.2) is 5.82 Å². The monoisotopic (exact) mass is 549 g/mol. The molecule has 4 rings (SSSR count). The molecule has 40 heavy (non-hydrogen) atoms. The smallest absolute Gasteiger partial charge is 0.328 e. The van der Waals surface area contributed by atoms with Crippen LogP contribution in [-0.4, -0.2) is 41.0 Å². The minimum Gasteiger partial charge on any atom is -0.389 e. The summed E-state index contributed by atoms with van der Waals surface area (Å²) in [5, 5.41) is 11.9. The summed E-state index contributed by atoms with van der Waals surface area (Å²) in [6, 6.07) is 7.86. The Bertz CT molecular complexity index is 1440. The number of aromatic nitrogens is 2. The fourth-order valence-corrected chi connectivity index (χ4v) is 4.33. The Morgan fingerprint density at radius 1 is 1.15 bits per heavy atom. The highest BCUT2D eigenvalue weighted by Gasteiger charge is 2.34. The second-order valence-corrected chi connectivity index (χ2v) is 9.91. The number of aryl methyl sites for hydroxylation is 1. The fraction of sp³-hybridized carbons (Fsp3) is 0.310. The number of hydrogen-bond acceptors (Lipinski definition) is 6. The Balaban J connectivity index is 1.85. The lowest BCUT2D eigenvalue weighted by Crippen LogP contribution is -2.43. The van der Waals surface area contributed by atoms with Gasteiger partial charge in [-0.1, -0.05) is 18.7 Å². The summed E-state index contributed by atoms with van der Waals surface area (Å²) >= 11 is 0. The SMILES string of the molecule is C=C(C)NCCCNc1nc(-c2cc(C(=O)NC(C)C)ccc2C)c2c(n1)N(c1c(F)cccc1F)C(=O)NC2. The zero-order valence-electron chi connectivity index (χ0n) is 23.0. The molecule has 1 aliphatic rings. The van der Waals surface area contributed by atoms with Gasteiger partial charge in [-0.25, -0.2) is 23.5 Å². The van der Waals surface area contributed by atoms with Crippen LogP contribution in [0.3, 0.4) is 0 Å². The lowest BCUT2D eigenvalue weighted by atomic mass is 9.97. The minimum atomic E-state index is -0.910. The molecule has 2 heterocycles. The third-order valence-electron chi connectivity index (χ3n) is 6.22. The summed E-state index contributed by atoms with van der Waals surface area (Å²) < 4.78 is 29.8. The highest BCUT2D eigenvalue weighted by atomic mass is 19.1. The number of rotatable bonds is 10. The molecule has 0 saturated heterocycles. The van der Waals surface area contributed by atoms with E-state index in [1.54, 1.807) is 12.1 Å². The lowest BCUT2D eigenvalue weighted by Gasteiger charge is -2.31. The maximum Gasteiger partial charge on any atom is 0.328 e. The van der Waals surface area contributed by atoms with Gasteiger partial charge in [0.25, 0.3) is 5.91 Å². The van der Waals surface area contributed by atoms with Crippen LogP contribution in [0.15, 0.2) is 48.7 Å². The molecular weight excluding hydrogens is 516 g/mol. The summed E-state index contributed by atoms with van der Waals surface area (Å²) in [7, 11) is 0. The van der Waals surface area contributed by atoms with Gasteiger partial charge >= 0.3 is 6.03 Å². The molecular formula is C29H33F2N7O2. The molecule has 4 N–H and O–H groups in total. The molecule has 1 aromatic heterocycles. The van der Waals surface area contributed by atoms with Crippen molar-refractivity contribution in [3.05, 3.63) is 77.0 Å². The first-order valence-electron chi connectivity index (χ1n) is 13.0. The van der Waals surface area contributed by atoms with Crippen molar-refractivity contribution in [3.8, 4) is 11.3 Å². The van der Waals surface area contributed by atoms with Crippen molar-refractivity contribution < 1.29 is 18.4 Å². The van der Waals surface area contributed by atoms with Gasteiger partial charge < -0.3 is 21.3 Å². The number of hydrogen-bond donors (Lipinski definition) is 4. The van der Waals surface area contributed by atoms with E-state index in [2.05, 4.69) is 32.8 Å². The van der Waals surface area contributed by atoms with Crippen molar-refractivity contribution in [1.82, 2.24) is 25.9 Å². The molecule has 0 atom stereocenters. The van der Waals surface area contributed by atoms with Crippen LogP contribution in [0.25, 0.3) is 11.3 Å². The van der Waals surface area contributed by atoms with Gasteiger partial charge in [0, 0.05) is 41.5 Å². The predicted molar refractivity (Wildman–Crippen MR) is 151 cm³/mol. The van der Waals surface area contributed by atoms with Crippen LogP contribution in [0.1, 0.15) is 48.7 Å². The molecule has 1 aliphatic heterocycles. The quantitative estimate of drug-likeness (QED) is 0.260. The number of carbonyl (C=O) groups excluding carboxylic acids is 2. The van der Waals surface area contributed by atoms with Gasteiger partial charge in [-0.3, -0.25) is 4.79 Å². The average Bonchev–Trinajstić information content (AvgIpc) is 2.88. The van der Waals surface area contributed by atoms with E-state index in [1.807, 2.05) is 33.8 Å². The van der Waals surface area contributed by atoms with E-state index in [0.29, 0.717) is 41.9 Å². The van der Waals surface area contributed by atoms with E-state index in [4.69, 9.17) is 4.98 Å². The van der Waals surface area contributed by atoms with Crippen LogP contribution in [-0.2, 0) is 6.54 Å². The third kappa shape index (κ3) is 6.19. The normalized spacial score (nSPS) is 12.6. The van der Waals surface area contributed by atoms with Gasteiger partial charge in [-0.2, -0.15) is 4.98 Å². The molecule has 210 valence electrons. The predicted octanol–water partition coefficient (Wildman–Crippen LogP) is 5.15. The van der Waals surface area contributed by atoms with Gasteiger partial charge in [0.05, 0.1) is 12.2 Å². The number of amides is 3. The van der Waals surface area contributed by atoms with E-state index in [9.17, 15) is 18.4 Å². The molecule has 0 bridgehead atoms. The number of carbonyl (C=O) groups is 2. The number of allylic oxidation sites excluding steroid dienone is 1. The Labute approximate surface area is 232 Å². The van der Waals surface area contributed by atoms with E-state index in [0.717, 1.165) is 28.3 Å². The Hall–Kier alpha value is -4.54. The minimum absolute atomic E-state index is 0.0285. The van der Waals surface area contributed by atoms with E-state index in [-0.39, 0.29) is 30.3 Å². The van der Waals surface area contributed by atoms with Gasteiger partial charge in [-0.15, -0.1) is 0 Å². The Morgan fingerprint density at radius 3 is 2.55 bits per heavy atom. The summed E-state index contributed by atoms with van der Waals surface area (Å²) in [6.45, 7) is 12.5. The van der Waals surface area contributed by atoms with E-state index < -0.39 is 23.4 Å². The van der Waals surface area contributed by atoms with Gasteiger partial charge in [0.1, 0.15) is 17.3 Å². The van der Waals surface area contributed by atoms with Crippen LogP contribution in [0.4, 0.5) is 31.0 Å². The van der Waals surface area contributed by atoms with E-state index in [1.165, 1.54) is 6.07 Å². The highest BCUT2D eigenvalue weighted by Crippen LogP contribution is 2.39. The number of nitrogens with zero attached hydrogens (tertiary/aromatic N) is 3. The lowest BCUT2D eigenvalue weighted by molar-refractivity contribution is 0.0943. The van der Waals surface area contributed by atoms with Crippen molar-refractivity contribution >= 4 is 29.4 Å². The van der Waals surface area contributed by atoms with E-state index >= 15 is 0 Å². The molecule has 11 heteroatoms. The van der Waals surface area contributed by atoms with Crippen LogP contribution >= 0.6 is 0 Å². The second kappa shape index (κ2) is 12.1. The first kappa shape index (κ1) is 28.5. The molecule has 0 saturated carbocycles. The number of para-hydroxylation sites is 1. The molecule has 2 aromatic carbocycles. The first-order valence-corrected chi connectivity index (χ1v) is 13.0. The Morgan fingerprint density at radius 2 is 1.88 bits per heavy atom. The number of halogens is 2. The molecule has 0 fully saturated rings. The molecule has 3 aromatic rings. The molecule has 3 amide bonds. The third-order valence-corrected chi connectivity index (χ3v) is 6.22. The highest BCUT2D eigenvalue weighted by molar-refractivity contribution is 6.02. The van der Waals surface area contributed by atoms with Crippen LogP contribution in [0.5, 0.6) is 0 Å². The van der Waals surface area contributed by atoms with Crippen molar-refractivity contribution in [2.45, 2.75) is 46.7 Å². The average molecular weight is 550 g/mol. The molecule has 0 radical (unpaired) electrons. The number of fused-ring (bicyclic) bond motifs is 1. The van der Waals surface area contributed by atoms with Crippen molar-refractivity contribution in [2.24, 2.45) is 0 Å². The zero-order valence-corrected chi connectivity index (χ0v) is 23.0. The standard InChI is InChI=1S/C29H33F2N7O2/c1-16(2)32-12-7-13-33-28-36-24(20-14-19(11-10-18(20)5)27(39)35-17(3)4)21-15-34-29(40)38(26(21)37-28)25-22(30)8-6-9-23(25)31/h6,8-11,14,17,32H,1,7,12-13,15H2,2-5H3,(H,34,40)(H,35,39)(H,33,36,37). The summed E-state index contributed by atoms with van der Waals surface area (Å²) in [5.41, 5.74) is 3.08. The maximum atomic E-state index is 14.9. The van der Waals surface area contributed by atoms with Crippen molar-refractivity contribution in [3.63, 3.8) is 0 Å². The number of benzene rings is 2. The number of anilines is 3. The van der Waals surface area contributed by atoms with Crippen LogP contribution in [0, 0.1) is 18.6 Å². The Kier molecular flexibility index (Phi) is 8.61. The maximum absolute atomic E-state index is 14.9. The van der Waals surface area contributed by atoms with Crippen LogP contribution < -0.4 is 26.2 Å². The first-order chi connectivity index (χ1) is 19.1. The molecule has 0 spiro atoms. The summed E-state index contributed by atoms with van der Waals surface area (Å²) in [6.07, 6.45) is 0.707. The summed E-state index contributed by atoms with van der Waals surface area (Å²) in [5.74, 6) is -1.83. The number of urea groups is 1. The van der Waals surface area contributed by atoms with Crippen molar-refractivity contribution in [2.75, 3.05) is 23.3 Å². The zero-order chi connectivity index (χ0) is 29.0. The second-order valence-electron chi connectivity index (χ2n) is 9.91. The van der Waals surface area contributed by atoms with Crippen molar-refractivity contribution in [1.29, 1.82) is 0 Å². The van der Waals surface area contributed by atoms with Gasteiger partial charge in [0.2, 0.25) is 5.95 Å². The fourth-order valence-electron chi connectivity index (χ4n) is 4.33.